The number of piperazine rings is 1. The van der Waals surface area contributed by atoms with Crippen LogP contribution in [0.5, 0.6) is 0 Å². The van der Waals surface area contributed by atoms with Crippen molar-refractivity contribution in [3.05, 3.63) is 82.2 Å². The molecule has 3 N–H and O–H groups in total. The Kier molecular flexibility index (Phi) is 8.32. The minimum atomic E-state index is -4.22. The van der Waals surface area contributed by atoms with Crippen molar-refractivity contribution in [3.63, 3.8) is 0 Å². The van der Waals surface area contributed by atoms with Crippen molar-refractivity contribution in [3.8, 4) is 0 Å². The van der Waals surface area contributed by atoms with Gasteiger partial charge in [0, 0.05) is 36.9 Å². The standard InChI is InChI=1S/C15H16FN3O3S.C7H5Cl2NO/c16-12-1-3-13(4-2-12)18-7-9-19(10-8-18)15-6-5-14(11-17-15)23(20,21)22;8-4-1-2-5(7(10)11)6(9)3-4/h1-6,11H,7-10H2,(H,20,21,22);1-3H,(H2,10,11). The second-order valence-corrected chi connectivity index (χ2v) is 9.53. The largest absolute Gasteiger partial charge is 0.368 e. The normalized spacial score (nSPS) is 13.8. The minimum Gasteiger partial charge on any atom is -0.368 e. The maximum absolute atomic E-state index is 13.0. The van der Waals surface area contributed by atoms with Gasteiger partial charge in [-0.1, -0.05) is 23.2 Å². The molecular formula is C22H21Cl2FN4O4S. The highest BCUT2D eigenvalue weighted by atomic mass is 35.5. The number of rotatable bonds is 4. The van der Waals surface area contributed by atoms with Gasteiger partial charge in [-0.25, -0.2) is 9.37 Å². The minimum absolute atomic E-state index is 0.216. The van der Waals surface area contributed by atoms with Gasteiger partial charge in [0.15, 0.2) is 0 Å². The number of benzene rings is 2. The van der Waals surface area contributed by atoms with Crippen molar-refractivity contribution < 1.29 is 22.2 Å². The number of nitrogens with two attached hydrogens (primary N) is 1. The monoisotopic (exact) mass is 526 g/mol. The summed E-state index contributed by atoms with van der Waals surface area (Å²) in [6.45, 7) is 2.95. The van der Waals surface area contributed by atoms with Crippen LogP contribution < -0.4 is 15.5 Å². The molecule has 1 saturated heterocycles. The van der Waals surface area contributed by atoms with Gasteiger partial charge in [0.1, 0.15) is 16.5 Å². The first-order valence-corrected chi connectivity index (χ1v) is 12.2. The Morgan fingerprint density at radius 1 is 0.971 bits per heavy atom. The van der Waals surface area contributed by atoms with Gasteiger partial charge in [-0.15, -0.1) is 0 Å². The number of aromatic nitrogens is 1. The van der Waals surface area contributed by atoms with Gasteiger partial charge in [0.2, 0.25) is 5.91 Å². The second kappa shape index (κ2) is 11.0. The summed E-state index contributed by atoms with van der Waals surface area (Å²) in [6.07, 6.45) is 1.15. The summed E-state index contributed by atoms with van der Waals surface area (Å²) in [5.41, 5.74) is 6.26. The van der Waals surface area contributed by atoms with E-state index in [1.807, 2.05) is 4.90 Å². The highest BCUT2D eigenvalue weighted by molar-refractivity contribution is 7.85. The van der Waals surface area contributed by atoms with E-state index < -0.39 is 16.0 Å². The molecule has 12 heteroatoms. The Hall–Kier alpha value is -2.92. The number of carbonyl (C=O) groups is 1. The molecule has 0 spiro atoms. The number of primary amides is 1. The van der Waals surface area contributed by atoms with Crippen LogP contribution in [0.25, 0.3) is 0 Å². The summed E-state index contributed by atoms with van der Waals surface area (Å²) >= 11 is 11.2. The van der Waals surface area contributed by atoms with Crippen LogP contribution >= 0.6 is 23.2 Å². The molecule has 1 aromatic heterocycles. The molecule has 0 bridgehead atoms. The fourth-order valence-electron chi connectivity index (χ4n) is 3.25. The van der Waals surface area contributed by atoms with E-state index in [1.165, 1.54) is 30.3 Å². The summed E-state index contributed by atoms with van der Waals surface area (Å²) in [4.78, 5) is 18.7. The average molecular weight is 527 g/mol. The van der Waals surface area contributed by atoms with Crippen molar-refractivity contribution in [2.75, 3.05) is 36.0 Å². The number of hydrogen-bond acceptors (Lipinski definition) is 6. The number of nitrogens with zero attached hydrogens (tertiary/aromatic N) is 3. The van der Waals surface area contributed by atoms with Gasteiger partial charge in [-0.3, -0.25) is 9.35 Å². The molecule has 34 heavy (non-hydrogen) atoms. The van der Waals surface area contributed by atoms with Crippen molar-refractivity contribution in [2.24, 2.45) is 5.73 Å². The van der Waals surface area contributed by atoms with E-state index in [0.29, 0.717) is 10.8 Å². The maximum Gasteiger partial charge on any atom is 0.296 e. The van der Waals surface area contributed by atoms with E-state index in [0.717, 1.165) is 38.1 Å². The molecule has 1 aliphatic rings. The summed E-state index contributed by atoms with van der Waals surface area (Å²) in [5, 5.41) is 0.769. The number of carbonyl (C=O) groups excluding carboxylic acids is 1. The first kappa shape index (κ1) is 25.7. The zero-order valence-corrected chi connectivity index (χ0v) is 20.1. The predicted molar refractivity (Wildman–Crippen MR) is 130 cm³/mol. The van der Waals surface area contributed by atoms with Gasteiger partial charge in [0.25, 0.3) is 10.1 Å². The van der Waals surface area contributed by atoms with Crippen molar-refractivity contribution in [1.82, 2.24) is 4.98 Å². The summed E-state index contributed by atoms with van der Waals surface area (Å²) in [6, 6.07) is 13.8. The molecule has 0 atom stereocenters. The third-order valence-electron chi connectivity index (χ3n) is 5.01. The molecule has 1 fully saturated rings. The lowest BCUT2D eigenvalue weighted by Crippen LogP contribution is -2.46. The third-order valence-corrected chi connectivity index (χ3v) is 6.40. The van der Waals surface area contributed by atoms with Gasteiger partial charge in [-0.05, 0) is 54.6 Å². The van der Waals surface area contributed by atoms with Crippen molar-refractivity contribution in [1.29, 1.82) is 0 Å². The molecule has 0 aliphatic carbocycles. The second-order valence-electron chi connectivity index (χ2n) is 7.27. The van der Waals surface area contributed by atoms with Crippen LogP contribution in [-0.4, -0.2) is 50.0 Å². The van der Waals surface area contributed by atoms with Crippen LogP contribution in [0.15, 0.2) is 65.7 Å². The molecule has 0 unspecified atom stereocenters. The van der Waals surface area contributed by atoms with Crippen LogP contribution in [0.3, 0.4) is 0 Å². The van der Waals surface area contributed by atoms with E-state index in [4.69, 9.17) is 33.5 Å². The summed E-state index contributed by atoms with van der Waals surface area (Å²) < 4.78 is 43.9. The zero-order chi connectivity index (χ0) is 24.9. The van der Waals surface area contributed by atoms with E-state index in [-0.39, 0.29) is 21.3 Å². The Labute approximate surface area is 206 Å². The zero-order valence-electron chi connectivity index (χ0n) is 17.7. The van der Waals surface area contributed by atoms with Gasteiger partial charge in [0.05, 0.1) is 16.8 Å². The molecule has 180 valence electrons. The fourth-order valence-corrected chi connectivity index (χ4v) is 4.17. The van der Waals surface area contributed by atoms with E-state index in [9.17, 15) is 17.6 Å². The average Bonchev–Trinajstić information content (AvgIpc) is 2.79. The van der Waals surface area contributed by atoms with Crippen molar-refractivity contribution >= 4 is 50.7 Å². The van der Waals surface area contributed by atoms with Crippen molar-refractivity contribution in [2.45, 2.75) is 4.90 Å². The molecule has 0 saturated carbocycles. The molecule has 3 aromatic rings. The lowest BCUT2D eigenvalue weighted by Gasteiger charge is -2.36. The molecule has 1 amide bonds. The smallest absolute Gasteiger partial charge is 0.296 e. The SMILES string of the molecule is NC(=O)c1ccc(Cl)cc1Cl.O=S(=O)(O)c1ccc(N2CCN(c3ccc(F)cc3)CC2)nc1. The Bertz CT molecular complexity index is 1250. The van der Waals surface area contributed by atoms with Crippen LogP contribution in [-0.2, 0) is 10.1 Å². The molecule has 0 radical (unpaired) electrons. The van der Waals surface area contributed by atoms with Crippen LogP contribution in [0.4, 0.5) is 15.9 Å². The van der Waals surface area contributed by atoms with Crippen LogP contribution in [0.1, 0.15) is 10.4 Å². The molecule has 1 aliphatic heterocycles. The Morgan fingerprint density at radius 2 is 1.59 bits per heavy atom. The topological polar surface area (TPSA) is 117 Å². The Morgan fingerprint density at radius 3 is 2.09 bits per heavy atom. The lowest BCUT2D eigenvalue weighted by molar-refractivity contribution is 0.100. The lowest BCUT2D eigenvalue weighted by atomic mass is 10.2. The van der Waals surface area contributed by atoms with Gasteiger partial charge < -0.3 is 15.5 Å². The van der Waals surface area contributed by atoms with Gasteiger partial charge >= 0.3 is 0 Å². The van der Waals surface area contributed by atoms with Gasteiger partial charge in [-0.2, -0.15) is 8.42 Å². The number of amides is 1. The number of pyridine rings is 1. The van der Waals surface area contributed by atoms with E-state index >= 15 is 0 Å². The van der Waals surface area contributed by atoms with Crippen LogP contribution in [0.2, 0.25) is 10.0 Å². The number of hydrogen-bond donors (Lipinski definition) is 2. The summed E-state index contributed by atoms with van der Waals surface area (Å²) in [5.74, 6) is -0.140. The quantitative estimate of drug-likeness (QED) is 0.495. The third kappa shape index (κ3) is 6.80. The number of anilines is 2. The fraction of sp³-hybridized carbons (Fsp3) is 0.182. The molecule has 2 heterocycles. The maximum atomic E-state index is 13.0. The molecule has 4 rings (SSSR count). The highest BCUT2D eigenvalue weighted by Crippen LogP contribution is 2.21. The van der Waals surface area contributed by atoms with Crippen LogP contribution in [0, 0.1) is 5.82 Å². The first-order valence-electron chi connectivity index (χ1n) is 9.98. The molecule has 2 aromatic carbocycles. The highest BCUT2D eigenvalue weighted by Gasteiger charge is 2.19. The van der Waals surface area contributed by atoms with E-state index in [1.54, 1.807) is 24.3 Å². The molecular weight excluding hydrogens is 506 g/mol. The first-order chi connectivity index (χ1) is 16.0. The van der Waals surface area contributed by atoms with E-state index in [2.05, 4.69) is 9.88 Å². The summed E-state index contributed by atoms with van der Waals surface area (Å²) in [7, 11) is -4.22. The predicted octanol–water partition coefficient (Wildman–Crippen LogP) is 3.89. The number of halogens is 3. The Balaban J connectivity index is 0.000000248. The molecule has 8 nitrogen and oxygen atoms in total.